The molecule has 0 aliphatic heterocycles. The summed E-state index contributed by atoms with van der Waals surface area (Å²) in [6, 6.07) is 16.6. The van der Waals surface area contributed by atoms with Crippen LogP contribution in [0.3, 0.4) is 0 Å². The van der Waals surface area contributed by atoms with E-state index in [2.05, 4.69) is 5.32 Å². The van der Waals surface area contributed by atoms with E-state index in [9.17, 15) is 18.0 Å². The zero-order valence-electron chi connectivity index (χ0n) is 21.4. The summed E-state index contributed by atoms with van der Waals surface area (Å²) in [4.78, 5) is 27.6. The molecule has 0 aliphatic carbocycles. The number of methoxy groups -OCH3 is 1. The normalized spacial score (nSPS) is 11.9. The largest absolute Gasteiger partial charge is 0.497 e. The first-order chi connectivity index (χ1) is 18.0. The number of hydrogen-bond acceptors (Lipinski definition) is 5. The molecule has 38 heavy (non-hydrogen) atoms. The van der Waals surface area contributed by atoms with Crippen LogP contribution in [0.2, 0.25) is 10.0 Å². The maximum Gasteiger partial charge on any atom is 0.264 e. The van der Waals surface area contributed by atoms with Gasteiger partial charge in [-0.05, 0) is 67.9 Å². The number of carbonyl (C=O) groups is 2. The number of ether oxygens (including phenoxy) is 1. The van der Waals surface area contributed by atoms with Gasteiger partial charge in [-0.2, -0.15) is 0 Å². The van der Waals surface area contributed by atoms with Crippen molar-refractivity contribution in [1.29, 1.82) is 0 Å². The minimum Gasteiger partial charge on any atom is -0.497 e. The van der Waals surface area contributed by atoms with Crippen LogP contribution in [0.4, 0.5) is 5.69 Å². The summed E-state index contributed by atoms with van der Waals surface area (Å²) in [6.07, 6.45) is 0. The van der Waals surface area contributed by atoms with E-state index < -0.39 is 34.4 Å². The summed E-state index contributed by atoms with van der Waals surface area (Å²) in [5.74, 6) is -0.487. The molecule has 11 heteroatoms. The summed E-state index contributed by atoms with van der Waals surface area (Å²) in [5, 5.41) is 3.28. The van der Waals surface area contributed by atoms with Gasteiger partial charge >= 0.3 is 0 Å². The van der Waals surface area contributed by atoms with E-state index in [1.165, 1.54) is 37.3 Å². The van der Waals surface area contributed by atoms with Crippen LogP contribution in [-0.2, 0) is 26.2 Å². The Labute approximate surface area is 233 Å². The Morgan fingerprint density at radius 1 is 1.00 bits per heavy atom. The molecule has 202 valence electrons. The SMILES string of the molecule is CNC(=O)[C@@H](C)N(Cc1ccc(Cl)cc1Cl)C(=O)CN(c1ccc(OC)cc1)S(=O)(=O)c1ccc(C)cc1. The van der Waals surface area contributed by atoms with Gasteiger partial charge in [0.1, 0.15) is 18.3 Å². The van der Waals surface area contributed by atoms with E-state index in [0.29, 0.717) is 21.4 Å². The highest BCUT2D eigenvalue weighted by Gasteiger charge is 2.32. The number of carbonyl (C=O) groups excluding carboxylic acids is 2. The molecule has 0 bridgehead atoms. The Morgan fingerprint density at radius 2 is 1.63 bits per heavy atom. The van der Waals surface area contributed by atoms with Gasteiger partial charge < -0.3 is 15.0 Å². The molecule has 1 atom stereocenters. The number of anilines is 1. The number of rotatable bonds is 10. The van der Waals surface area contributed by atoms with Gasteiger partial charge in [-0.3, -0.25) is 13.9 Å². The number of hydrogen-bond donors (Lipinski definition) is 1. The van der Waals surface area contributed by atoms with Crippen molar-refractivity contribution in [1.82, 2.24) is 10.2 Å². The summed E-state index contributed by atoms with van der Waals surface area (Å²) in [5.41, 5.74) is 1.70. The zero-order valence-corrected chi connectivity index (χ0v) is 23.8. The highest BCUT2D eigenvalue weighted by Crippen LogP contribution is 2.28. The highest BCUT2D eigenvalue weighted by atomic mass is 35.5. The maximum atomic E-state index is 13.8. The summed E-state index contributed by atoms with van der Waals surface area (Å²) in [6.45, 7) is 2.81. The lowest BCUT2D eigenvalue weighted by Gasteiger charge is -2.32. The van der Waals surface area contributed by atoms with Crippen LogP contribution in [0.25, 0.3) is 0 Å². The molecule has 0 heterocycles. The number of benzene rings is 3. The van der Waals surface area contributed by atoms with E-state index in [-0.39, 0.29) is 17.1 Å². The van der Waals surface area contributed by atoms with Crippen LogP contribution in [0, 0.1) is 6.92 Å². The lowest BCUT2D eigenvalue weighted by Crippen LogP contribution is -2.50. The molecule has 0 saturated carbocycles. The zero-order chi connectivity index (χ0) is 28.0. The first kappa shape index (κ1) is 29.3. The lowest BCUT2D eigenvalue weighted by molar-refractivity contribution is -0.139. The van der Waals surface area contributed by atoms with Crippen LogP contribution in [0.15, 0.2) is 71.6 Å². The minimum absolute atomic E-state index is 0.0263. The predicted octanol–water partition coefficient (Wildman–Crippen LogP) is 4.67. The molecule has 3 aromatic carbocycles. The predicted molar refractivity (Wildman–Crippen MR) is 149 cm³/mol. The summed E-state index contributed by atoms with van der Waals surface area (Å²) >= 11 is 12.4. The Hall–Kier alpha value is -3.27. The molecule has 3 aromatic rings. The van der Waals surface area contributed by atoms with E-state index in [1.807, 2.05) is 6.92 Å². The third-order valence-corrected chi connectivity index (χ3v) is 8.39. The number of likely N-dealkylation sites (N-methyl/N-ethyl adjacent to an activating group) is 1. The molecular weight excluding hydrogens is 549 g/mol. The van der Waals surface area contributed by atoms with Crippen LogP contribution in [0.5, 0.6) is 5.75 Å². The van der Waals surface area contributed by atoms with E-state index in [1.54, 1.807) is 55.5 Å². The van der Waals surface area contributed by atoms with Crippen LogP contribution >= 0.6 is 23.2 Å². The van der Waals surface area contributed by atoms with Gasteiger partial charge in [0.2, 0.25) is 11.8 Å². The fraction of sp³-hybridized carbons (Fsp3) is 0.259. The smallest absolute Gasteiger partial charge is 0.264 e. The topological polar surface area (TPSA) is 96.0 Å². The molecule has 3 rings (SSSR count). The second-order valence-corrected chi connectivity index (χ2v) is 11.3. The summed E-state index contributed by atoms with van der Waals surface area (Å²) < 4.78 is 33.8. The maximum absolute atomic E-state index is 13.8. The van der Waals surface area contributed by atoms with Crippen molar-refractivity contribution in [3.05, 3.63) is 87.9 Å². The molecular formula is C27H29Cl2N3O5S. The van der Waals surface area contributed by atoms with Gasteiger partial charge in [0.05, 0.1) is 17.7 Å². The Kier molecular flexibility index (Phi) is 9.65. The molecule has 0 aliphatic rings. The van der Waals surface area contributed by atoms with Crippen LogP contribution in [0.1, 0.15) is 18.1 Å². The monoisotopic (exact) mass is 577 g/mol. The first-order valence-corrected chi connectivity index (χ1v) is 13.9. The Bertz CT molecular complexity index is 1400. The summed E-state index contributed by atoms with van der Waals surface area (Å²) in [7, 11) is -1.20. The number of halogens is 2. The lowest BCUT2D eigenvalue weighted by atomic mass is 10.1. The number of amides is 2. The number of nitrogens with zero attached hydrogens (tertiary/aromatic N) is 2. The highest BCUT2D eigenvalue weighted by molar-refractivity contribution is 7.92. The van der Waals surface area contributed by atoms with Gasteiger partial charge in [0.15, 0.2) is 0 Å². The van der Waals surface area contributed by atoms with Crippen molar-refractivity contribution < 1.29 is 22.7 Å². The van der Waals surface area contributed by atoms with Crippen molar-refractivity contribution in [2.45, 2.75) is 31.3 Å². The van der Waals surface area contributed by atoms with E-state index in [4.69, 9.17) is 27.9 Å². The fourth-order valence-corrected chi connectivity index (χ4v) is 5.62. The molecule has 0 aromatic heterocycles. The molecule has 0 saturated heterocycles. The number of aryl methyl sites for hydroxylation is 1. The number of sulfonamides is 1. The van der Waals surface area contributed by atoms with Gasteiger partial charge in [-0.1, -0.05) is 47.0 Å². The van der Waals surface area contributed by atoms with Crippen molar-refractivity contribution in [3.8, 4) is 5.75 Å². The third kappa shape index (κ3) is 6.78. The van der Waals surface area contributed by atoms with Gasteiger partial charge in [-0.15, -0.1) is 0 Å². The molecule has 2 amide bonds. The Balaban J connectivity index is 2.05. The van der Waals surface area contributed by atoms with Crippen LogP contribution in [-0.4, -0.2) is 51.9 Å². The average Bonchev–Trinajstić information content (AvgIpc) is 2.90. The molecule has 0 unspecified atom stereocenters. The van der Waals surface area contributed by atoms with Gasteiger partial charge in [-0.25, -0.2) is 8.42 Å². The fourth-order valence-electron chi connectivity index (χ4n) is 3.74. The van der Waals surface area contributed by atoms with Crippen LogP contribution < -0.4 is 14.4 Å². The van der Waals surface area contributed by atoms with Gasteiger partial charge in [0, 0.05) is 23.6 Å². The molecule has 8 nitrogen and oxygen atoms in total. The Morgan fingerprint density at radius 3 is 2.18 bits per heavy atom. The second-order valence-electron chi connectivity index (χ2n) is 8.57. The van der Waals surface area contributed by atoms with Gasteiger partial charge in [0.25, 0.3) is 10.0 Å². The first-order valence-electron chi connectivity index (χ1n) is 11.7. The van der Waals surface area contributed by atoms with E-state index >= 15 is 0 Å². The van der Waals surface area contributed by atoms with Crippen molar-refractivity contribution >= 4 is 50.7 Å². The quantitative estimate of drug-likeness (QED) is 0.378. The standard InChI is InChI=1S/C27H29Cl2N3O5S/c1-18-5-13-24(14-6-18)38(35,36)32(22-9-11-23(37-4)12-10-22)17-26(33)31(19(2)27(34)30-3)16-20-7-8-21(28)15-25(20)29/h5-15,19H,16-17H2,1-4H3,(H,30,34)/t19-/m1/s1. The molecule has 0 spiro atoms. The number of nitrogens with one attached hydrogen (secondary N) is 1. The molecule has 0 fully saturated rings. The van der Waals surface area contributed by atoms with E-state index in [0.717, 1.165) is 9.87 Å². The van der Waals surface area contributed by atoms with Crippen molar-refractivity contribution in [2.24, 2.45) is 0 Å². The third-order valence-electron chi connectivity index (χ3n) is 6.02. The molecule has 1 N–H and O–H groups in total. The molecule has 0 radical (unpaired) electrons. The minimum atomic E-state index is -4.16. The second kappa shape index (κ2) is 12.5. The van der Waals surface area contributed by atoms with Crippen molar-refractivity contribution in [3.63, 3.8) is 0 Å². The van der Waals surface area contributed by atoms with Crippen molar-refractivity contribution in [2.75, 3.05) is 25.0 Å². The average molecular weight is 579 g/mol.